The molecule has 0 bridgehead atoms. The lowest BCUT2D eigenvalue weighted by molar-refractivity contribution is 0.0734. The zero-order chi connectivity index (χ0) is 20.8. The molecule has 7 heteroatoms. The second kappa shape index (κ2) is 9.80. The lowest BCUT2D eigenvalue weighted by Gasteiger charge is -2.08. The lowest BCUT2D eigenvalue weighted by Crippen LogP contribution is -2.18. The summed E-state index contributed by atoms with van der Waals surface area (Å²) >= 11 is 5.48. The maximum atomic E-state index is 12.4. The normalized spacial score (nSPS) is 10.7. The molecule has 1 N–H and O–H groups in total. The third-order valence-electron chi connectivity index (χ3n) is 3.95. The van der Waals surface area contributed by atoms with Crippen molar-refractivity contribution < 1.29 is 14.3 Å². The van der Waals surface area contributed by atoms with Crippen molar-refractivity contribution in [1.29, 1.82) is 0 Å². The summed E-state index contributed by atoms with van der Waals surface area (Å²) in [5.41, 5.74) is 5.08. The molecule has 1 amide bonds. The van der Waals surface area contributed by atoms with Gasteiger partial charge >= 0.3 is 5.97 Å². The highest BCUT2D eigenvalue weighted by Gasteiger charge is 2.12. The van der Waals surface area contributed by atoms with Gasteiger partial charge in [0.25, 0.3) is 5.91 Å². The molecule has 29 heavy (non-hydrogen) atoms. The number of carbonyl (C=O) groups excluding carboxylic acids is 2. The first-order chi connectivity index (χ1) is 13.9. The summed E-state index contributed by atoms with van der Waals surface area (Å²) in [5, 5.41) is 4.01. The number of rotatable bonds is 5. The maximum Gasteiger partial charge on any atom is 0.343 e. The Morgan fingerprint density at radius 3 is 2.52 bits per heavy atom. The predicted molar refractivity (Wildman–Crippen MR) is 124 cm³/mol. The predicted octanol–water partition coefficient (Wildman–Crippen LogP) is 5.35. The third kappa shape index (κ3) is 5.74. The number of aryl methyl sites for hydroxylation is 1. The average Bonchev–Trinajstić information content (AvgIpc) is 2.70. The number of hydrogen-bond acceptors (Lipinski definition) is 4. The minimum Gasteiger partial charge on any atom is -0.422 e. The zero-order valence-corrected chi connectivity index (χ0v) is 19.1. The van der Waals surface area contributed by atoms with E-state index in [0.29, 0.717) is 22.4 Å². The molecule has 3 aromatic rings. The van der Waals surface area contributed by atoms with E-state index in [1.54, 1.807) is 42.5 Å². The van der Waals surface area contributed by atoms with Crippen LogP contribution in [0, 0.1) is 10.5 Å². The van der Waals surface area contributed by atoms with Crippen molar-refractivity contribution in [2.45, 2.75) is 6.92 Å². The smallest absolute Gasteiger partial charge is 0.343 e. The van der Waals surface area contributed by atoms with Gasteiger partial charge in [0.15, 0.2) is 0 Å². The van der Waals surface area contributed by atoms with Crippen molar-refractivity contribution in [1.82, 2.24) is 5.43 Å². The number of nitrogens with one attached hydrogen (secondary N) is 1. The van der Waals surface area contributed by atoms with E-state index in [4.69, 9.17) is 4.74 Å². The summed E-state index contributed by atoms with van der Waals surface area (Å²) in [4.78, 5) is 24.7. The van der Waals surface area contributed by atoms with Gasteiger partial charge in [-0.3, -0.25) is 4.79 Å². The molecular weight excluding hydrogens is 547 g/mol. The van der Waals surface area contributed by atoms with Crippen LogP contribution < -0.4 is 10.2 Å². The first kappa shape index (κ1) is 21.2. The first-order valence-corrected chi connectivity index (χ1v) is 10.5. The van der Waals surface area contributed by atoms with Gasteiger partial charge < -0.3 is 4.74 Å². The first-order valence-electron chi connectivity index (χ1n) is 8.60. The second-order valence-electron chi connectivity index (χ2n) is 6.12. The summed E-state index contributed by atoms with van der Waals surface area (Å²) in [5.74, 6) is -0.449. The SMILES string of the molecule is Cc1ccc(C(=O)Oc2ccc(Br)cc2C=NNC(=O)c2ccccc2I)cc1. The maximum absolute atomic E-state index is 12.4. The molecule has 3 rings (SSSR count). The molecule has 0 spiro atoms. The molecule has 0 radical (unpaired) electrons. The molecule has 0 fully saturated rings. The summed E-state index contributed by atoms with van der Waals surface area (Å²) in [6.45, 7) is 1.95. The van der Waals surface area contributed by atoms with E-state index in [2.05, 4.69) is 49.0 Å². The highest BCUT2D eigenvalue weighted by molar-refractivity contribution is 14.1. The largest absolute Gasteiger partial charge is 0.422 e. The number of ether oxygens (including phenoxy) is 1. The van der Waals surface area contributed by atoms with Crippen LogP contribution in [0.25, 0.3) is 0 Å². The van der Waals surface area contributed by atoms with Crippen LogP contribution in [0.3, 0.4) is 0 Å². The van der Waals surface area contributed by atoms with Crippen LogP contribution in [-0.2, 0) is 0 Å². The van der Waals surface area contributed by atoms with Crippen LogP contribution in [0.2, 0.25) is 0 Å². The van der Waals surface area contributed by atoms with E-state index < -0.39 is 5.97 Å². The third-order valence-corrected chi connectivity index (χ3v) is 5.38. The van der Waals surface area contributed by atoms with Gasteiger partial charge in [-0.15, -0.1) is 0 Å². The van der Waals surface area contributed by atoms with Gasteiger partial charge in [0, 0.05) is 13.6 Å². The molecule has 0 aliphatic heterocycles. The van der Waals surface area contributed by atoms with E-state index in [1.807, 2.05) is 31.2 Å². The average molecular weight is 563 g/mol. The van der Waals surface area contributed by atoms with Crippen molar-refractivity contribution in [3.05, 3.63) is 97.0 Å². The van der Waals surface area contributed by atoms with E-state index in [9.17, 15) is 9.59 Å². The Kier molecular flexibility index (Phi) is 7.16. The van der Waals surface area contributed by atoms with Crippen molar-refractivity contribution in [2.24, 2.45) is 5.10 Å². The van der Waals surface area contributed by atoms with Crippen molar-refractivity contribution >= 4 is 56.6 Å². The Balaban J connectivity index is 1.75. The van der Waals surface area contributed by atoms with E-state index in [1.165, 1.54) is 6.21 Å². The Morgan fingerprint density at radius 2 is 1.79 bits per heavy atom. The fourth-order valence-electron chi connectivity index (χ4n) is 2.43. The molecule has 0 aliphatic carbocycles. The van der Waals surface area contributed by atoms with E-state index in [0.717, 1.165) is 13.6 Å². The molecule has 0 saturated heterocycles. The number of esters is 1. The highest BCUT2D eigenvalue weighted by Crippen LogP contribution is 2.23. The topological polar surface area (TPSA) is 67.8 Å². The number of benzene rings is 3. The van der Waals surface area contributed by atoms with E-state index >= 15 is 0 Å². The number of nitrogens with zero attached hydrogens (tertiary/aromatic N) is 1. The zero-order valence-electron chi connectivity index (χ0n) is 15.4. The van der Waals surface area contributed by atoms with Gasteiger partial charge in [0.2, 0.25) is 0 Å². The monoisotopic (exact) mass is 562 g/mol. The van der Waals surface area contributed by atoms with Crippen molar-refractivity contribution in [3.8, 4) is 5.75 Å². The van der Waals surface area contributed by atoms with Crippen LogP contribution in [0.15, 0.2) is 76.3 Å². The molecule has 0 aliphatic rings. The van der Waals surface area contributed by atoms with Crippen molar-refractivity contribution in [2.75, 3.05) is 0 Å². The van der Waals surface area contributed by atoms with Gasteiger partial charge in [-0.05, 0) is 72.0 Å². The molecular formula is C22H16BrIN2O3. The number of hydrazone groups is 1. The fraction of sp³-hybridized carbons (Fsp3) is 0.0455. The lowest BCUT2D eigenvalue weighted by atomic mass is 10.1. The van der Waals surface area contributed by atoms with Crippen LogP contribution in [0.4, 0.5) is 0 Å². The molecule has 0 unspecified atom stereocenters. The summed E-state index contributed by atoms with van der Waals surface area (Å²) < 4.78 is 7.14. The number of halogens is 2. The van der Waals surface area contributed by atoms with E-state index in [-0.39, 0.29) is 5.91 Å². The fourth-order valence-corrected chi connectivity index (χ4v) is 3.44. The highest BCUT2D eigenvalue weighted by atomic mass is 127. The molecule has 0 saturated carbocycles. The van der Waals surface area contributed by atoms with Crippen LogP contribution in [0.5, 0.6) is 5.75 Å². The number of hydrogen-bond donors (Lipinski definition) is 1. The molecule has 0 atom stereocenters. The van der Waals surface area contributed by atoms with Gasteiger partial charge in [-0.1, -0.05) is 45.8 Å². The Bertz CT molecular complexity index is 1080. The quantitative estimate of drug-likeness (QED) is 0.150. The Morgan fingerprint density at radius 1 is 1.07 bits per heavy atom. The molecule has 3 aromatic carbocycles. The molecule has 146 valence electrons. The summed E-state index contributed by atoms with van der Waals surface area (Å²) in [7, 11) is 0. The summed E-state index contributed by atoms with van der Waals surface area (Å²) in [6, 6.07) is 19.5. The van der Waals surface area contributed by atoms with Crippen LogP contribution >= 0.6 is 38.5 Å². The van der Waals surface area contributed by atoms with Gasteiger partial charge in [-0.25, -0.2) is 10.2 Å². The van der Waals surface area contributed by atoms with Crippen LogP contribution in [-0.4, -0.2) is 18.1 Å². The van der Waals surface area contributed by atoms with Gasteiger partial charge in [0.1, 0.15) is 5.75 Å². The van der Waals surface area contributed by atoms with Crippen LogP contribution in [0.1, 0.15) is 31.8 Å². The minimum atomic E-state index is -0.468. The molecule has 5 nitrogen and oxygen atoms in total. The standard InChI is InChI=1S/C22H16BrIN2O3/c1-14-6-8-15(9-7-14)22(28)29-20-11-10-17(23)12-16(20)13-25-26-21(27)18-4-2-3-5-19(18)24/h2-13H,1H3,(H,26,27). The van der Waals surface area contributed by atoms with Gasteiger partial charge in [-0.2, -0.15) is 5.10 Å². The van der Waals surface area contributed by atoms with Gasteiger partial charge in [0.05, 0.1) is 17.3 Å². The van der Waals surface area contributed by atoms with Crippen molar-refractivity contribution in [3.63, 3.8) is 0 Å². The Labute approximate surface area is 190 Å². The number of carbonyl (C=O) groups is 2. The molecule has 0 heterocycles. The second-order valence-corrected chi connectivity index (χ2v) is 8.19. The number of amides is 1. The minimum absolute atomic E-state index is 0.320. The summed E-state index contributed by atoms with van der Waals surface area (Å²) in [6.07, 6.45) is 1.44. The Hall–Kier alpha value is -2.52. The molecule has 0 aromatic heterocycles.